The van der Waals surface area contributed by atoms with Crippen LogP contribution in [0.15, 0.2) is 47.4 Å². The van der Waals surface area contributed by atoms with E-state index < -0.39 is 15.9 Å². The van der Waals surface area contributed by atoms with Crippen LogP contribution in [0.1, 0.15) is 24.0 Å². The van der Waals surface area contributed by atoms with Gasteiger partial charge in [-0.3, -0.25) is 4.79 Å². The summed E-state index contributed by atoms with van der Waals surface area (Å²) in [5, 5.41) is 0. The van der Waals surface area contributed by atoms with Crippen LogP contribution >= 0.6 is 0 Å². The second kappa shape index (κ2) is 9.14. The molecule has 1 heterocycles. The fourth-order valence-corrected chi connectivity index (χ4v) is 5.40. The van der Waals surface area contributed by atoms with Gasteiger partial charge in [-0.25, -0.2) is 12.8 Å². The van der Waals surface area contributed by atoms with Gasteiger partial charge in [-0.1, -0.05) is 18.2 Å². The molecule has 2 aromatic rings. The lowest BCUT2D eigenvalue weighted by molar-refractivity contribution is -0.135. The van der Waals surface area contributed by atoms with E-state index in [1.807, 2.05) is 0 Å². The maximum absolute atomic E-state index is 13.9. The van der Waals surface area contributed by atoms with Crippen molar-refractivity contribution in [3.8, 4) is 5.75 Å². The zero-order valence-corrected chi connectivity index (χ0v) is 18.3. The van der Waals surface area contributed by atoms with Gasteiger partial charge >= 0.3 is 0 Å². The molecule has 30 heavy (non-hydrogen) atoms. The predicted octanol–water partition coefficient (Wildman–Crippen LogP) is 3.20. The smallest absolute Gasteiger partial charge is 0.243 e. The minimum atomic E-state index is -3.72. The summed E-state index contributed by atoms with van der Waals surface area (Å²) in [5.41, 5.74) is 1.16. The van der Waals surface area contributed by atoms with Gasteiger partial charge in [0.05, 0.1) is 17.9 Å². The summed E-state index contributed by atoms with van der Waals surface area (Å²) < 4.78 is 46.7. The number of carbonyl (C=O) groups is 1. The number of hydrogen-bond donors (Lipinski definition) is 0. The predicted molar refractivity (Wildman–Crippen MR) is 112 cm³/mol. The molecule has 1 aliphatic heterocycles. The summed E-state index contributed by atoms with van der Waals surface area (Å²) in [7, 11) is -0.563. The van der Waals surface area contributed by atoms with Gasteiger partial charge in [0.25, 0.3) is 0 Å². The van der Waals surface area contributed by atoms with Crippen molar-refractivity contribution < 1.29 is 22.3 Å². The summed E-state index contributed by atoms with van der Waals surface area (Å²) in [6, 6.07) is 11.1. The number of amides is 1. The van der Waals surface area contributed by atoms with Crippen LogP contribution in [0.2, 0.25) is 0 Å². The fraction of sp³-hybridized carbons (Fsp3) is 0.409. The second-order valence-electron chi connectivity index (χ2n) is 7.62. The lowest BCUT2D eigenvalue weighted by Gasteiger charge is -2.33. The molecule has 0 radical (unpaired) electrons. The first-order chi connectivity index (χ1) is 14.2. The van der Waals surface area contributed by atoms with Crippen LogP contribution in [0.4, 0.5) is 4.39 Å². The first-order valence-electron chi connectivity index (χ1n) is 9.87. The summed E-state index contributed by atoms with van der Waals surface area (Å²) >= 11 is 0. The number of benzene rings is 2. The Hall–Kier alpha value is -2.45. The Kier molecular flexibility index (Phi) is 6.77. The lowest BCUT2D eigenvalue weighted by Crippen LogP contribution is -2.45. The number of nitrogens with zero attached hydrogens (tertiary/aromatic N) is 2. The van der Waals surface area contributed by atoms with Crippen LogP contribution in [0, 0.1) is 18.7 Å². The largest absolute Gasteiger partial charge is 0.496 e. The Balaban J connectivity index is 1.73. The van der Waals surface area contributed by atoms with Crippen LogP contribution < -0.4 is 4.74 Å². The molecule has 2 aromatic carbocycles. The molecule has 6 nitrogen and oxygen atoms in total. The highest BCUT2D eigenvalue weighted by atomic mass is 32.2. The maximum atomic E-state index is 13.9. The van der Waals surface area contributed by atoms with Gasteiger partial charge in [0, 0.05) is 32.2 Å². The number of rotatable bonds is 6. The van der Waals surface area contributed by atoms with Gasteiger partial charge in [-0.15, -0.1) is 0 Å². The molecular weight excluding hydrogens is 407 g/mol. The molecule has 8 heteroatoms. The average Bonchev–Trinajstić information content (AvgIpc) is 2.74. The molecule has 0 saturated carbocycles. The van der Waals surface area contributed by atoms with Gasteiger partial charge in [0.2, 0.25) is 15.9 Å². The normalized spacial score (nSPS) is 17.5. The minimum Gasteiger partial charge on any atom is -0.496 e. The summed E-state index contributed by atoms with van der Waals surface area (Å²) in [4.78, 5) is 14.6. The molecule has 1 fully saturated rings. The Bertz CT molecular complexity index is 1030. The van der Waals surface area contributed by atoms with Crippen LogP contribution in [-0.2, 0) is 21.4 Å². The molecule has 1 aliphatic rings. The van der Waals surface area contributed by atoms with E-state index in [1.54, 1.807) is 44.3 Å². The molecule has 0 N–H and O–H groups in total. The van der Waals surface area contributed by atoms with E-state index in [-0.39, 0.29) is 29.7 Å². The van der Waals surface area contributed by atoms with Crippen molar-refractivity contribution in [2.75, 3.05) is 27.2 Å². The highest BCUT2D eigenvalue weighted by Gasteiger charge is 2.34. The summed E-state index contributed by atoms with van der Waals surface area (Å²) in [6.45, 7) is 2.42. The topological polar surface area (TPSA) is 66.9 Å². The van der Waals surface area contributed by atoms with E-state index in [0.29, 0.717) is 30.7 Å². The zero-order valence-electron chi connectivity index (χ0n) is 17.5. The number of ether oxygens (including phenoxy) is 1. The third-order valence-electron chi connectivity index (χ3n) is 5.48. The van der Waals surface area contributed by atoms with E-state index in [4.69, 9.17) is 4.74 Å². The first-order valence-corrected chi connectivity index (χ1v) is 11.3. The molecule has 0 spiro atoms. The minimum absolute atomic E-state index is 0.119. The van der Waals surface area contributed by atoms with Crippen molar-refractivity contribution >= 4 is 15.9 Å². The number of piperidine rings is 1. The number of aryl methyl sites for hydroxylation is 1. The number of hydrogen-bond acceptors (Lipinski definition) is 4. The van der Waals surface area contributed by atoms with Gasteiger partial charge in [-0.05, 0) is 49.6 Å². The van der Waals surface area contributed by atoms with Crippen molar-refractivity contribution in [1.82, 2.24) is 9.21 Å². The molecular formula is C22H27FN2O4S. The van der Waals surface area contributed by atoms with Crippen molar-refractivity contribution in [2.24, 2.45) is 5.92 Å². The van der Waals surface area contributed by atoms with E-state index in [9.17, 15) is 17.6 Å². The standard InChI is InChI=1S/C22H27FN2O4S/c1-16-13-19(10-11-21(16)29-3)30(27,28)25-12-6-8-18(15-25)22(26)24(2)14-17-7-4-5-9-20(17)23/h4-5,7,9-11,13,18H,6,8,12,14-15H2,1-3H3/t18-/m0/s1. The molecule has 0 aliphatic carbocycles. The molecule has 0 bridgehead atoms. The molecule has 0 unspecified atom stereocenters. The van der Waals surface area contributed by atoms with E-state index in [0.717, 1.165) is 5.56 Å². The highest BCUT2D eigenvalue weighted by molar-refractivity contribution is 7.89. The van der Waals surface area contributed by atoms with Gasteiger partial charge in [-0.2, -0.15) is 4.31 Å². The highest BCUT2D eigenvalue weighted by Crippen LogP contribution is 2.28. The molecule has 3 rings (SSSR count). The van der Waals surface area contributed by atoms with Crippen molar-refractivity contribution in [3.05, 3.63) is 59.4 Å². The van der Waals surface area contributed by atoms with Crippen LogP contribution in [0.25, 0.3) is 0 Å². The third kappa shape index (κ3) is 4.65. The van der Waals surface area contributed by atoms with Gasteiger partial charge in [0.15, 0.2) is 0 Å². The SMILES string of the molecule is COc1ccc(S(=O)(=O)N2CCC[C@H](C(=O)N(C)Cc3ccccc3F)C2)cc1C. The quantitative estimate of drug-likeness (QED) is 0.700. The maximum Gasteiger partial charge on any atom is 0.243 e. The van der Waals surface area contributed by atoms with E-state index in [1.165, 1.54) is 28.4 Å². The molecule has 0 aromatic heterocycles. The van der Waals surface area contributed by atoms with Crippen LogP contribution in [0.3, 0.4) is 0 Å². The molecule has 162 valence electrons. The van der Waals surface area contributed by atoms with Crippen molar-refractivity contribution in [2.45, 2.75) is 31.2 Å². The summed E-state index contributed by atoms with van der Waals surface area (Å²) in [6.07, 6.45) is 1.20. The number of methoxy groups -OCH3 is 1. The van der Waals surface area contributed by atoms with Crippen LogP contribution in [-0.4, -0.2) is 50.8 Å². The van der Waals surface area contributed by atoms with E-state index >= 15 is 0 Å². The summed E-state index contributed by atoms with van der Waals surface area (Å²) in [5.74, 6) is -0.371. The number of sulfonamides is 1. The number of carbonyl (C=O) groups excluding carboxylic acids is 1. The van der Waals surface area contributed by atoms with Crippen molar-refractivity contribution in [1.29, 1.82) is 0 Å². The zero-order chi connectivity index (χ0) is 21.9. The van der Waals surface area contributed by atoms with Crippen LogP contribution in [0.5, 0.6) is 5.75 Å². The number of halogens is 1. The Labute approximate surface area is 177 Å². The monoisotopic (exact) mass is 434 g/mol. The Morgan fingerprint density at radius 1 is 1.27 bits per heavy atom. The fourth-order valence-electron chi connectivity index (χ4n) is 3.79. The Morgan fingerprint density at radius 3 is 2.67 bits per heavy atom. The molecule has 1 amide bonds. The van der Waals surface area contributed by atoms with Crippen molar-refractivity contribution in [3.63, 3.8) is 0 Å². The second-order valence-corrected chi connectivity index (χ2v) is 9.56. The lowest BCUT2D eigenvalue weighted by atomic mass is 9.98. The average molecular weight is 435 g/mol. The first kappa shape index (κ1) is 22.2. The third-order valence-corrected chi connectivity index (χ3v) is 7.34. The molecule has 1 atom stereocenters. The van der Waals surface area contributed by atoms with Gasteiger partial charge in [0.1, 0.15) is 11.6 Å². The Morgan fingerprint density at radius 2 is 2.00 bits per heavy atom. The molecule has 1 saturated heterocycles. The van der Waals surface area contributed by atoms with Gasteiger partial charge < -0.3 is 9.64 Å². The van der Waals surface area contributed by atoms with E-state index in [2.05, 4.69) is 0 Å².